The van der Waals surface area contributed by atoms with Crippen molar-refractivity contribution < 1.29 is 0 Å². The zero-order valence-electron chi connectivity index (χ0n) is 11.1. The molecule has 0 bridgehead atoms. The number of hydrogen-bond acceptors (Lipinski definition) is 1. The van der Waals surface area contributed by atoms with E-state index in [1.807, 2.05) is 0 Å². The number of benzene rings is 1. The zero-order chi connectivity index (χ0) is 12.8. The summed E-state index contributed by atoms with van der Waals surface area (Å²) >= 11 is 3.46. The van der Waals surface area contributed by atoms with E-state index in [0.29, 0.717) is 12.0 Å². The fraction of sp³-hybridized carbons (Fsp3) is 0.467. The molecule has 1 nitrogen and oxygen atoms in total. The molecule has 1 aromatic rings. The van der Waals surface area contributed by atoms with E-state index in [9.17, 15) is 0 Å². The molecule has 0 atom stereocenters. The highest BCUT2D eigenvalue weighted by atomic mass is 79.9. The molecule has 1 N–H and O–H groups in total. The number of rotatable bonds is 5. The third-order valence-electron chi connectivity index (χ3n) is 2.68. The molecular weight excluding hydrogens is 274 g/mol. The van der Waals surface area contributed by atoms with Gasteiger partial charge in [0.05, 0.1) is 0 Å². The van der Waals surface area contributed by atoms with Gasteiger partial charge in [0, 0.05) is 17.1 Å². The second-order valence-electron chi connectivity index (χ2n) is 4.96. The molecule has 0 aliphatic rings. The lowest BCUT2D eigenvalue weighted by atomic mass is 10.00. The molecule has 0 spiro atoms. The maximum Gasteiger partial charge on any atom is 0.0175 e. The minimum absolute atomic E-state index is 0.530. The quantitative estimate of drug-likeness (QED) is 0.844. The van der Waals surface area contributed by atoms with Crippen LogP contribution in [0.4, 0.5) is 0 Å². The second kappa shape index (κ2) is 6.97. The molecule has 0 fully saturated rings. The Morgan fingerprint density at radius 3 is 2.24 bits per heavy atom. The maximum atomic E-state index is 3.48. The fourth-order valence-corrected chi connectivity index (χ4v) is 1.78. The van der Waals surface area contributed by atoms with Gasteiger partial charge in [-0.15, -0.1) is 0 Å². The third kappa shape index (κ3) is 5.51. The Bertz CT molecular complexity index is 363. The van der Waals surface area contributed by atoms with Crippen molar-refractivity contribution in [3.8, 4) is 0 Å². The third-order valence-corrected chi connectivity index (χ3v) is 3.21. The maximum absolute atomic E-state index is 3.48. The van der Waals surface area contributed by atoms with Gasteiger partial charge in [-0.3, -0.25) is 0 Å². The van der Waals surface area contributed by atoms with Gasteiger partial charge < -0.3 is 5.32 Å². The molecule has 0 aromatic heterocycles. The largest absolute Gasteiger partial charge is 0.311 e. The molecule has 0 saturated heterocycles. The van der Waals surface area contributed by atoms with Crippen LogP contribution < -0.4 is 5.32 Å². The predicted molar refractivity (Wildman–Crippen MR) is 80.1 cm³/mol. The van der Waals surface area contributed by atoms with Gasteiger partial charge in [0.25, 0.3) is 0 Å². The molecule has 0 aliphatic heterocycles. The zero-order valence-corrected chi connectivity index (χ0v) is 12.7. The average Bonchev–Trinajstić information content (AvgIpc) is 2.26. The van der Waals surface area contributed by atoms with Gasteiger partial charge in [-0.2, -0.15) is 0 Å². The normalized spacial score (nSPS) is 12.5. The van der Waals surface area contributed by atoms with E-state index in [1.165, 1.54) is 11.1 Å². The smallest absolute Gasteiger partial charge is 0.0175 e. The molecule has 0 amide bonds. The standard InChI is InChI=1S/C15H22BrN/c1-11(2)14(10-17-12(3)4)9-13-5-7-15(16)8-6-13/h5-9,11-12,17H,10H2,1-4H3. The summed E-state index contributed by atoms with van der Waals surface area (Å²) in [6.45, 7) is 9.81. The lowest BCUT2D eigenvalue weighted by Crippen LogP contribution is -2.26. The van der Waals surface area contributed by atoms with Crippen LogP contribution in [0, 0.1) is 5.92 Å². The van der Waals surface area contributed by atoms with Crippen molar-refractivity contribution in [1.82, 2.24) is 5.32 Å². The fourth-order valence-electron chi connectivity index (χ4n) is 1.52. The van der Waals surface area contributed by atoms with E-state index in [4.69, 9.17) is 0 Å². The first-order valence-electron chi connectivity index (χ1n) is 6.18. The van der Waals surface area contributed by atoms with Crippen LogP contribution in [0.2, 0.25) is 0 Å². The Labute approximate surface area is 113 Å². The highest BCUT2D eigenvalue weighted by molar-refractivity contribution is 9.10. The summed E-state index contributed by atoms with van der Waals surface area (Å²) in [7, 11) is 0. The first-order chi connectivity index (χ1) is 7.99. The van der Waals surface area contributed by atoms with E-state index in [2.05, 4.69) is 79.3 Å². The number of halogens is 1. The van der Waals surface area contributed by atoms with Crippen LogP contribution in [0.25, 0.3) is 6.08 Å². The Morgan fingerprint density at radius 2 is 1.76 bits per heavy atom. The molecule has 0 radical (unpaired) electrons. The van der Waals surface area contributed by atoms with Gasteiger partial charge >= 0.3 is 0 Å². The second-order valence-corrected chi connectivity index (χ2v) is 5.88. The summed E-state index contributed by atoms with van der Waals surface area (Å²) in [5.74, 6) is 0.574. The number of hydrogen-bond donors (Lipinski definition) is 1. The monoisotopic (exact) mass is 295 g/mol. The van der Waals surface area contributed by atoms with Crippen LogP contribution in [0.5, 0.6) is 0 Å². The SMILES string of the molecule is CC(C)NCC(=Cc1ccc(Br)cc1)C(C)C. The first-order valence-corrected chi connectivity index (χ1v) is 6.97. The van der Waals surface area contributed by atoms with Crippen molar-refractivity contribution in [1.29, 1.82) is 0 Å². The minimum Gasteiger partial charge on any atom is -0.311 e. The number of nitrogens with one attached hydrogen (secondary N) is 1. The van der Waals surface area contributed by atoms with Gasteiger partial charge in [0.1, 0.15) is 0 Å². The van der Waals surface area contributed by atoms with Crippen molar-refractivity contribution in [2.75, 3.05) is 6.54 Å². The van der Waals surface area contributed by atoms with Crippen molar-refractivity contribution in [3.63, 3.8) is 0 Å². The lowest BCUT2D eigenvalue weighted by Gasteiger charge is -2.15. The summed E-state index contributed by atoms with van der Waals surface area (Å²) in [4.78, 5) is 0. The van der Waals surface area contributed by atoms with Gasteiger partial charge in [0.15, 0.2) is 0 Å². The van der Waals surface area contributed by atoms with Crippen LogP contribution in [0.15, 0.2) is 34.3 Å². The summed E-state index contributed by atoms with van der Waals surface area (Å²) in [6, 6.07) is 8.98. The van der Waals surface area contributed by atoms with Crippen molar-refractivity contribution in [2.45, 2.75) is 33.7 Å². The molecule has 0 heterocycles. The molecule has 0 unspecified atom stereocenters. The molecular formula is C15H22BrN. The summed E-state index contributed by atoms with van der Waals surface area (Å²) < 4.78 is 1.13. The van der Waals surface area contributed by atoms with Crippen LogP contribution in [0.1, 0.15) is 33.3 Å². The molecule has 0 saturated carbocycles. The topological polar surface area (TPSA) is 12.0 Å². The van der Waals surface area contributed by atoms with Crippen LogP contribution >= 0.6 is 15.9 Å². The average molecular weight is 296 g/mol. The highest BCUT2D eigenvalue weighted by Crippen LogP contribution is 2.16. The van der Waals surface area contributed by atoms with E-state index in [1.54, 1.807) is 0 Å². The van der Waals surface area contributed by atoms with Gasteiger partial charge in [0.2, 0.25) is 0 Å². The summed E-state index contributed by atoms with van der Waals surface area (Å²) in [5.41, 5.74) is 2.71. The van der Waals surface area contributed by atoms with E-state index >= 15 is 0 Å². The highest BCUT2D eigenvalue weighted by Gasteiger charge is 2.04. The van der Waals surface area contributed by atoms with Crippen molar-refractivity contribution in [2.24, 2.45) is 5.92 Å². The molecule has 94 valence electrons. The van der Waals surface area contributed by atoms with Crippen molar-refractivity contribution >= 4 is 22.0 Å². The summed E-state index contributed by atoms with van der Waals surface area (Å²) in [5, 5.41) is 3.48. The molecule has 0 aliphatic carbocycles. The lowest BCUT2D eigenvalue weighted by molar-refractivity contribution is 0.593. The Balaban J connectivity index is 2.78. The van der Waals surface area contributed by atoms with Crippen LogP contribution in [0.3, 0.4) is 0 Å². The van der Waals surface area contributed by atoms with E-state index < -0.39 is 0 Å². The molecule has 17 heavy (non-hydrogen) atoms. The molecule has 2 heteroatoms. The van der Waals surface area contributed by atoms with Crippen LogP contribution in [-0.4, -0.2) is 12.6 Å². The van der Waals surface area contributed by atoms with Gasteiger partial charge in [-0.05, 0) is 23.6 Å². The minimum atomic E-state index is 0.530. The van der Waals surface area contributed by atoms with Crippen molar-refractivity contribution in [3.05, 3.63) is 39.9 Å². The Kier molecular flexibility index (Phi) is 5.93. The molecule has 1 rings (SSSR count). The van der Waals surface area contributed by atoms with E-state index in [-0.39, 0.29) is 0 Å². The van der Waals surface area contributed by atoms with Gasteiger partial charge in [-0.1, -0.05) is 67.4 Å². The first kappa shape index (κ1) is 14.5. The van der Waals surface area contributed by atoms with Gasteiger partial charge in [-0.25, -0.2) is 0 Å². The Hall–Kier alpha value is -0.600. The Morgan fingerprint density at radius 1 is 1.18 bits per heavy atom. The summed E-state index contributed by atoms with van der Waals surface area (Å²) in [6.07, 6.45) is 2.28. The van der Waals surface area contributed by atoms with E-state index in [0.717, 1.165) is 11.0 Å². The van der Waals surface area contributed by atoms with Crippen LogP contribution in [-0.2, 0) is 0 Å². The molecule has 1 aromatic carbocycles. The predicted octanol–water partition coefficient (Wildman–Crippen LogP) is 4.49.